The van der Waals surface area contributed by atoms with E-state index in [-0.39, 0.29) is 0 Å². The molecule has 1 aliphatic rings. The van der Waals surface area contributed by atoms with Gasteiger partial charge in [0.15, 0.2) is 0 Å². The van der Waals surface area contributed by atoms with Crippen LogP contribution < -0.4 is 5.32 Å². The minimum atomic E-state index is 0.497. The lowest BCUT2D eigenvalue weighted by Crippen LogP contribution is -2.44. The summed E-state index contributed by atoms with van der Waals surface area (Å²) in [6.45, 7) is 7.18. The predicted molar refractivity (Wildman–Crippen MR) is 86.0 cm³/mol. The number of aryl methyl sites for hydroxylation is 1. The van der Waals surface area contributed by atoms with Gasteiger partial charge in [0, 0.05) is 15.8 Å². The molecule has 1 aromatic rings. The summed E-state index contributed by atoms with van der Waals surface area (Å²) in [6.07, 6.45) is 7.99. The number of hydrogen-bond donors (Lipinski definition) is 1. The molecular formula is C17H29NS. The molecule has 2 rings (SSSR count). The zero-order valence-corrected chi connectivity index (χ0v) is 13.8. The third-order valence-corrected chi connectivity index (χ3v) is 6.19. The lowest BCUT2D eigenvalue weighted by atomic mass is 9.65. The molecule has 1 N–H and O–H groups in total. The van der Waals surface area contributed by atoms with E-state index in [1.807, 2.05) is 11.3 Å². The standard InChI is InChI=1S/C17H29NS/c1-5-13-9-10-14(19-13)12-16(18-4)15-8-6-7-11-17(15,2)3/h9-10,15-16,18H,5-8,11-12H2,1-4H3. The minimum Gasteiger partial charge on any atom is -0.316 e. The summed E-state index contributed by atoms with van der Waals surface area (Å²) >= 11 is 2.00. The first-order chi connectivity index (χ1) is 9.06. The molecule has 0 radical (unpaired) electrons. The Morgan fingerprint density at radius 2 is 2.05 bits per heavy atom. The molecule has 2 atom stereocenters. The van der Waals surface area contributed by atoms with Crippen LogP contribution in [0.3, 0.4) is 0 Å². The zero-order valence-electron chi connectivity index (χ0n) is 13.0. The maximum atomic E-state index is 3.61. The first-order valence-corrected chi connectivity index (χ1v) is 8.63. The summed E-state index contributed by atoms with van der Waals surface area (Å²) in [5.74, 6) is 0.818. The SMILES string of the molecule is CCc1ccc(CC(NC)C2CCCCC2(C)C)s1. The number of rotatable bonds is 5. The molecule has 1 heterocycles. The van der Waals surface area contributed by atoms with E-state index in [2.05, 4.69) is 45.3 Å². The van der Waals surface area contributed by atoms with Gasteiger partial charge in [-0.15, -0.1) is 11.3 Å². The third-order valence-electron chi connectivity index (χ3n) is 4.93. The van der Waals surface area contributed by atoms with E-state index in [1.54, 1.807) is 4.88 Å². The van der Waals surface area contributed by atoms with E-state index in [9.17, 15) is 0 Å². The van der Waals surface area contributed by atoms with Gasteiger partial charge in [-0.05, 0) is 56.2 Å². The van der Waals surface area contributed by atoms with Crippen molar-refractivity contribution in [2.75, 3.05) is 7.05 Å². The molecule has 2 unspecified atom stereocenters. The molecule has 0 saturated heterocycles. The third kappa shape index (κ3) is 3.61. The molecule has 0 amide bonds. The molecule has 0 spiro atoms. The molecule has 1 saturated carbocycles. The molecule has 2 heteroatoms. The van der Waals surface area contributed by atoms with Gasteiger partial charge >= 0.3 is 0 Å². The molecule has 0 aromatic carbocycles. The highest BCUT2D eigenvalue weighted by atomic mass is 32.1. The summed E-state index contributed by atoms with van der Waals surface area (Å²) < 4.78 is 0. The van der Waals surface area contributed by atoms with Gasteiger partial charge in [-0.25, -0.2) is 0 Å². The van der Waals surface area contributed by atoms with Crippen molar-refractivity contribution in [1.29, 1.82) is 0 Å². The molecule has 19 heavy (non-hydrogen) atoms. The van der Waals surface area contributed by atoms with Crippen molar-refractivity contribution in [2.45, 2.75) is 65.3 Å². The highest BCUT2D eigenvalue weighted by Crippen LogP contribution is 2.43. The highest BCUT2D eigenvalue weighted by Gasteiger charge is 2.36. The van der Waals surface area contributed by atoms with Crippen LogP contribution >= 0.6 is 11.3 Å². The summed E-state index contributed by atoms with van der Waals surface area (Å²) in [7, 11) is 2.14. The summed E-state index contributed by atoms with van der Waals surface area (Å²) in [4.78, 5) is 3.07. The molecule has 1 fully saturated rings. The van der Waals surface area contributed by atoms with E-state index in [4.69, 9.17) is 0 Å². The zero-order chi connectivity index (χ0) is 13.9. The lowest BCUT2D eigenvalue weighted by molar-refractivity contribution is 0.101. The smallest absolute Gasteiger partial charge is 0.0146 e. The number of likely N-dealkylation sites (N-methyl/N-ethyl adjacent to an activating group) is 1. The van der Waals surface area contributed by atoms with Gasteiger partial charge in [0.1, 0.15) is 0 Å². The monoisotopic (exact) mass is 279 g/mol. The number of hydrogen-bond acceptors (Lipinski definition) is 2. The molecule has 108 valence electrons. The van der Waals surface area contributed by atoms with E-state index in [0.29, 0.717) is 11.5 Å². The largest absolute Gasteiger partial charge is 0.316 e. The van der Waals surface area contributed by atoms with E-state index in [1.165, 1.54) is 43.4 Å². The second kappa shape index (κ2) is 6.41. The normalized spacial score (nSPS) is 24.3. The van der Waals surface area contributed by atoms with Gasteiger partial charge < -0.3 is 5.32 Å². The fourth-order valence-electron chi connectivity index (χ4n) is 3.65. The first kappa shape index (κ1) is 15.1. The lowest BCUT2D eigenvalue weighted by Gasteiger charge is -2.43. The topological polar surface area (TPSA) is 12.0 Å². The Bertz CT molecular complexity index is 394. The number of thiophene rings is 1. The van der Waals surface area contributed by atoms with Crippen molar-refractivity contribution in [3.63, 3.8) is 0 Å². The average molecular weight is 279 g/mol. The van der Waals surface area contributed by atoms with Crippen LogP contribution in [0, 0.1) is 11.3 Å². The van der Waals surface area contributed by atoms with Gasteiger partial charge in [0.05, 0.1) is 0 Å². The van der Waals surface area contributed by atoms with Gasteiger partial charge in [-0.2, -0.15) is 0 Å². The quantitative estimate of drug-likeness (QED) is 0.826. The fraction of sp³-hybridized carbons (Fsp3) is 0.765. The van der Waals surface area contributed by atoms with Gasteiger partial charge in [0.25, 0.3) is 0 Å². The Labute approximate surface area is 122 Å². The number of nitrogens with one attached hydrogen (secondary N) is 1. The van der Waals surface area contributed by atoms with E-state index >= 15 is 0 Å². The minimum absolute atomic E-state index is 0.497. The Balaban J connectivity index is 2.06. The van der Waals surface area contributed by atoms with Crippen molar-refractivity contribution in [1.82, 2.24) is 5.32 Å². The van der Waals surface area contributed by atoms with Crippen LogP contribution in [0.1, 0.15) is 56.2 Å². The molecule has 1 aromatic heterocycles. The van der Waals surface area contributed by atoms with Crippen LogP contribution in [-0.4, -0.2) is 13.1 Å². The molecule has 1 aliphatic carbocycles. The average Bonchev–Trinajstić information content (AvgIpc) is 2.84. The van der Waals surface area contributed by atoms with E-state index < -0.39 is 0 Å². The second-order valence-electron chi connectivity index (χ2n) is 6.66. The fourth-order valence-corrected chi connectivity index (χ4v) is 4.67. The molecule has 0 bridgehead atoms. The maximum Gasteiger partial charge on any atom is 0.0146 e. The van der Waals surface area contributed by atoms with Crippen molar-refractivity contribution in [3.05, 3.63) is 21.9 Å². The van der Waals surface area contributed by atoms with Gasteiger partial charge in [0.2, 0.25) is 0 Å². The Morgan fingerprint density at radius 1 is 1.32 bits per heavy atom. The first-order valence-electron chi connectivity index (χ1n) is 7.81. The highest BCUT2D eigenvalue weighted by molar-refractivity contribution is 7.11. The van der Waals surface area contributed by atoms with Crippen molar-refractivity contribution >= 4 is 11.3 Å². The van der Waals surface area contributed by atoms with E-state index in [0.717, 1.165) is 5.92 Å². The summed E-state index contributed by atoms with van der Waals surface area (Å²) in [5, 5.41) is 3.61. The predicted octanol–water partition coefficient (Wildman–Crippen LogP) is 4.66. The van der Waals surface area contributed by atoms with Crippen molar-refractivity contribution in [3.8, 4) is 0 Å². The Kier molecular flexibility index (Phi) is 5.08. The van der Waals surface area contributed by atoms with Crippen LogP contribution in [-0.2, 0) is 12.8 Å². The van der Waals surface area contributed by atoms with Crippen molar-refractivity contribution in [2.24, 2.45) is 11.3 Å². The molecular weight excluding hydrogens is 250 g/mol. The summed E-state index contributed by atoms with van der Waals surface area (Å²) in [5.41, 5.74) is 0.497. The van der Waals surface area contributed by atoms with Crippen LogP contribution in [0.15, 0.2) is 12.1 Å². The molecule has 1 nitrogen and oxygen atoms in total. The summed E-state index contributed by atoms with van der Waals surface area (Å²) in [6, 6.07) is 5.28. The van der Waals surface area contributed by atoms with Gasteiger partial charge in [-0.3, -0.25) is 0 Å². The van der Waals surface area contributed by atoms with Crippen LogP contribution in [0.4, 0.5) is 0 Å². The molecule has 0 aliphatic heterocycles. The maximum absolute atomic E-state index is 3.61. The van der Waals surface area contributed by atoms with Crippen molar-refractivity contribution < 1.29 is 0 Å². The van der Waals surface area contributed by atoms with Crippen LogP contribution in [0.5, 0.6) is 0 Å². The van der Waals surface area contributed by atoms with Gasteiger partial charge in [-0.1, -0.05) is 33.6 Å². The Morgan fingerprint density at radius 3 is 2.63 bits per heavy atom. The second-order valence-corrected chi connectivity index (χ2v) is 7.91. The Hall–Kier alpha value is -0.340. The van der Waals surface area contributed by atoms with Crippen LogP contribution in [0.2, 0.25) is 0 Å². The van der Waals surface area contributed by atoms with Crippen LogP contribution in [0.25, 0.3) is 0 Å².